The van der Waals surface area contributed by atoms with E-state index in [9.17, 15) is 10.2 Å². The van der Waals surface area contributed by atoms with E-state index in [-0.39, 0.29) is 23.3 Å². The maximum atomic E-state index is 10.3. The lowest BCUT2D eigenvalue weighted by Crippen LogP contribution is -2.21. The van der Waals surface area contributed by atoms with Crippen molar-refractivity contribution in [3.63, 3.8) is 0 Å². The second-order valence-corrected chi connectivity index (χ2v) is 10.2. The molecule has 0 aromatic heterocycles. The van der Waals surface area contributed by atoms with Crippen LogP contribution in [-0.2, 0) is 0 Å². The maximum absolute atomic E-state index is 10.3. The number of aromatic hydroxyl groups is 2. The van der Waals surface area contributed by atoms with Crippen molar-refractivity contribution in [2.75, 3.05) is 0 Å². The monoisotopic (exact) mass is 428 g/mol. The molecule has 0 fully saturated rings. The van der Waals surface area contributed by atoms with Gasteiger partial charge in [0.15, 0.2) is 0 Å². The number of aryl methyl sites for hydroxylation is 2. The molecule has 0 spiro atoms. The van der Waals surface area contributed by atoms with Crippen molar-refractivity contribution in [3.05, 3.63) is 57.6 Å². The van der Waals surface area contributed by atoms with Gasteiger partial charge in [0.1, 0.15) is 11.5 Å². The molecule has 2 aromatic rings. The van der Waals surface area contributed by atoms with Crippen LogP contribution in [0.3, 0.4) is 0 Å². The van der Waals surface area contributed by atoms with Gasteiger partial charge in [-0.25, -0.2) is 0 Å². The molecule has 0 saturated carbocycles. The van der Waals surface area contributed by atoms with Crippen LogP contribution in [0.1, 0.15) is 78.8 Å². The van der Waals surface area contributed by atoms with Gasteiger partial charge >= 0.3 is 0 Å². The number of phenolic OH excluding ortho intramolecular Hbond substituents is 2. The molecule has 0 aliphatic heterocycles. The summed E-state index contributed by atoms with van der Waals surface area (Å²) in [5.74, 6) is 0.234. The zero-order valence-corrected chi connectivity index (χ0v) is 18.8. The van der Waals surface area contributed by atoms with Gasteiger partial charge in [-0.1, -0.05) is 74.6 Å². The van der Waals surface area contributed by atoms with Crippen molar-refractivity contribution in [2.24, 2.45) is 0 Å². The highest BCUT2D eigenvalue weighted by Gasteiger charge is 2.38. The average molecular weight is 430 g/mol. The Morgan fingerprint density at radius 2 is 1.00 bits per heavy atom. The lowest BCUT2D eigenvalue weighted by Gasteiger charge is -2.30. The van der Waals surface area contributed by atoms with Gasteiger partial charge in [-0.15, -0.1) is 0 Å². The predicted molar refractivity (Wildman–Crippen MR) is 116 cm³/mol. The first-order valence-corrected chi connectivity index (χ1v) is 10.2. The molecule has 0 aliphatic carbocycles. The van der Waals surface area contributed by atoms with Crippen LogP contribution in [0.15, 0.2) is 24.3 Å². The molecule has 0 atom stereocenters. The van der Waals surface area contributed by atoms with E-state index in [4.69, 9.17) is 34.8 Å². The van der Waals surface area contributed by atoms with E-state index in [1.807, 2.05) is 53.7 Å². The molecule has 0 bridgehead atoms. The molecule has 2 N–H and O–H groups in total. The standard InChI is InChI=1S/C22H27Cl3O2/c1-11(2)15-9-17(13(5)7-19(15)26)21(22(23,24)25)18-10-16(12(3)4)20(27)8-14(18)6/h7-12,21,26-27H,1-6H3. The van der Waals surface area contributed by atoms with E-state index >= 15 is 0 Å². The number of halogens is 3. The lowest BCUT2D eigenvalue weighted by atomic mass is 9.83. The van der Waals surface area contributed by atoms with Crippen molar-refractivity contribution in [1.29, 1.82) is 0 Å². The summed E-state index contributed by atoms with van der Waals surface area (Å²) in [6.07, 6.45) is 0. The summed E-state index contributed by atoms with van der Waals surface area (Å²) >= 11 is 19.4. The van der Waals surface area contributed by atoms with E-state index in [1.165, 1.54) is 0 Å². The van der Waals surface area contributed by atoms with Gasteiger partial charge in [0.05, 0.1) is 5.92 Å². The quantitative estimate of drug-likeness (QED) is 0.495. The second kappa shape index (κ2) is 8.11. The Labute approximate surface area is 177 Å². The van der Waals surface area contributed by atoms with E-state index in [0.29, 0.717) is 0 Å². The van der Waals surface area contributed by atoms with Crippen LogP contribution in [0.25, 0.3) is 0 Å². The van der Waals surface area contributed by atoms with Crippen molar-refractivity contribution < 1.29 is 10.2 Å². The highest BCUT2D eigenvalue weighted by atomic mass is 35.6. The lowest BCUT2D eigenvalue weighted by molar-refractivity contribution is 0.463. The van der Waals surface area contributed by atoms with Crippen LogP contribution in [0.2, 0.25) is 0 Å². The number of alkyl halides is 3. The van der Waals surface area contributed by atoms with Crippen LogP contribution in [0, 0.1) is 13.8 Å². The molecular weight excluding hydrogens is 403 g/mol. The van der Waals surface area contributed by atoms with Crippen LogP contribution in [0.4, 0.5) is 0 Å². The van der Waals surface area contributed by atoms with Gasteiger partial charge in [-0.2, -0.15) is 0 Å². The Balaban J connectivity index is 2.80. The minimum atomic E-state index is -1.59. The van der Waals surface area contributed by atoms with Crippen LogP contribution < -0.4 is 0 Å². The number of hydrogen-bond donors (Lipinski definition) is 2. The fraction of sp³-hybridized carbons (Fsp3) is 0.455. The largest absolute Gasteiger partial charge is 0.508 e. The molecule has 0 amide bonds. The Morgan fingerprint density at radius 3 is 1.26 bits per heavy atom. The van der Waals surface area contributed by atoms with E-state index in [2.05, 4.69) is 0 Å². The van der Waals surface area contributed by atoms with Crippen LogP contribution in [0.5, 0.6) is 11.5 Å². The first kappa shape index (κ1) is 22.2. The van der Waals surface area contributed by atoms with Crippen LogP contribution in [-0.4, -0.2) is 14.0 Å². The van der Waals surface area contributed by atoms with Gasteiger partial charge in [-0.05, 0) is 71.2 Å². The fourth-order valence-corrected chi connectivity index (χ4v) is 4.23. The smallest absolute Gasteiger partial charge is 0.201 e. The van der Waals surface area contributed by atoms with Crippen molar-refractivity contribution >= 4 is 34.8 Å². The maximum Gasteiger partial charge on any atom is 0.201 e. The van der Waals surface area contributed by atoms with Gasteiger partial charge in [0.25, 0.3) is 0 Å². The average Bonchev–Trinajstić information content (AvgIpc) is 2.49. The third-order valence-corrected chi connectivity index (χ3v) is 5.68. The molecule has 0 heterocycles. The van der Waals surface area contributed by atoms with Gasteiger partial charge < -0.3 is 10.2 Å². The number of phenols is 2. The van der Waals surface area contributed by atoms with Crippen molar-refractivity contribution in [2.45, 2.75) is 63.1 Å². The first-order valence-electron chi connectivity index (χ1n) is 9.08. The van der Waals surface area contributed by atoms with E-state index < -0.39 is 9.71 Å². The highest BCUT2D eigenvalue weighted by molar-refractivity contribution is 6.68. The summed E-state index contributed by atoms with van der Waals surface area (Å²) in [6.45, 7) is 11.9. The molecule has 0 saturated heterocycles. The Bertz CT molecular complexity index is 773. The summed E-state index contributed by atoms with van der Waals surface area (Å²) in [5.41, 5.74) is 5.06. The first-order chi connectivity index (χ1) is 12.3. The molecule has 2 aromatic carbocycles. The summed E-state index contributed by atoms with van der Waals surface area (Å²) < 4.78 is -1.59. The fourth-order valence-electron chi connectivity index (χ4n) is 3.52. The van der Waals surface area contributed by atoms with Gasteiger partial charge in [0.2, 0.25) is 3.79 Å². The third kappa shape index (κ3) is 4.67. The molecule has 2 nitrogen and oxygen atoms in total. The molecule has 0 unspecified atom stereocenters. The number of benzene rings is 2. The summed E-state index contributed by atoms with van der Waals surface area (Å²) in [4.78, 5) is 0. The zero-order valence-electron chi connectivity index (χ0n) is 16.6. The third-order valence-electron chi connectivity index (χ3n) is 5.02. The minimum Gasteiger partial charge on any atom is -0.508 e. The minimum absolute atomic E-state index is 0.132. The van der Waals surface area contributed by atoms with E-state index in [1.54, 1.807) is 12.1 Å². The predicted octanol–water partition coefficient (Wildman–Crippen LogP) is 7.46. The molecular formula is C22H27Cl3O2. The van der Waals surface area contributed by atoms with E-state index in [0.717, 1.165) is 33.4 Å². The molecule has 0 aliphatic rings. The number of hydrogen-bond acceptors (Lipinski definition) is 2. The van der Waals surface area contributed by atoms with Crippen molar-refractivity contribution in [3.8, 4) is 11.5 Å². The second-order valence-electron chi connectivity index (χ2n) is 7.82. The van der Waals surface area contributed by atoms with Gasteiger partial charge in [0, 0.05) is 0 Å². The molecule has 148 valence electrons. The van der Waals surface area contributed by atoms with Gasteiger partial charge in [-0.3, -0.25) is 0 Å². The van der Waals surface area contributed by atoms with Crippen LogP contribution >= 0.6 is 34.8 Å². The molecule has 5 heteroatoms. The SMILES string of the molecule is Cc1cc(O)c(C(C)C)cc1C(c1cc(C(C)C)c(O)cc1C)C(Cl)(Cl)Cl. The molecule has 0 radical (unpaired) electrons. The number of rotatable bonds is 4. The summed E-state index contributed by atoms with van der Waals surface area (Å²) in [5, 5.41) is 20.6. The highest BCUT2D eigenvalue weighted by Crippen LogP contribution is 2.49. The normalized spacial score (nSPS) is 12.4. The molecule has 2 rings (SSSR count). The summed E-state index contributed by atoms with van der Waals surface area (Å²) in [6, 6.07) is 7.33. The summed E-state index contributed by atoms with van der Waals surface area (Å²) in [7, 11) is 0. The Hall–Kier alpha value is -1.09. The molecule has 27 heavy (non-hydrogen) atoms. The Morgan fingerprint density at radius 1 is 0.667 bits per heavy atom. The topological polar surface area (TPSA) is 40.5 Å². The van der Waals surface area contributed by atoms with Crippen molar-refractivity contribution in [1.82, 2.24) is 0 Å². The zero-order chi connectivity index (χ0) is 20.7. The Kier molecular flexibility index (Phi) is 6.67.